The highest BCUT2D eigenvalue weighted by Gasteiger charge is 2.20. The van der Waals surface area contributed by atoms with E-state index >= 15 is 0 Å². The van der Waals surface area contributed by atoms with Crippen molar-refractivity contribution in [2.24, 2.45) is 0 Å². The molecule has 0 spiro atoms. The van der Waals surface area contributed by atoms with Gasteiger partial charge < -0.3 is 40.6 Å². The first kappa shape index (κ1) is 62.3. The van der Waals surface area contributed by atoms with E-state index < -0.39 is 0 Å². The van der Waals surface area contributed by atoms with E-state index in [1.54, 1.807) is 26.2 Å². The molecule has 8 aromatic carbocycles. The van der Waals surface area contributed by atoms with Crippen molar-refractivity contribution < 1.29 is 19.1 Å². The van der Waals surface area contributed by atoms with Crippen LogP contribution in [0.4, 0.5) is 0 Å². The van der Waals surface area contributed by atoms with Crippen LogP contribution < -0.4 is 16.0 Å². The Morgan fingerprint density at radius 2 is 0.818 bits per heavy atom. The summed E-state index contributed by atoms with van der Waals surface area (Å²) in [5, 5.41) is 13.6. The van der Waals surface area contributed by atoms with E-state index in [2.05, 4.69) is 167 Å². The molecule has 7 N–H and O–H groups in total. The highest BCUT2D eigenvalue weighted by atomic mass is 16.5. The lowest BCUT2D eigenvalue weighted by molar-refractivity contribution is -0.137. The van der Waals surface area contributed by atoms with E-state index in [9.17, 15) is 14.4 Å². The smallest absolute Gasteiger partial charge is 0.331 e. The highest BCUT2D eigenvalue weighted by molar-refractivity contribution is 6.01. The number of nitrogens with one attached hydrogen (secondary N) is 7. The highest BCUT2D eigenvalue weighted by Crippen LogP contribution is 2.34. The Morgan fingerprint density at radius 1 is 0.432 bits per heavy atom. The van der Waals surface area contributed by atoms with Gasteiger partial charge in [-0.15, -0.1) is 0 Å². The lowest BCUT2D eigenvalue weighted by Gasteiger charge is -2.18. The minimum Gasteiger partial charge on any atom is -0.463 e. The van der Waals surface area contributed by atoms with Gasteiger partial charge in [0, 0.05) is 113 Å². The SMILES string of the molecule is CCOC(=O)/C=C(/c1ccccc1)c1ccc2[nH]cc(C)c2c1.CNC(=O)/C=C(/c1ccccc1)c1ccc2[nH]cc(C)c2c1.CNC(=O)CC(c1ccccc1)c1ccc2[nH]cc(C)c2c1.CNCCC(c1ccccc1)c1ccc2[nH]cc(C)c2c1. The fourth-order valence-corrected chi connectivity index (χ4v) is 11.2. The third-order valence-corrected chi connectivity index (χ3v) is 16.0. The molecule has 0 radical (unpaired) electrons. The number of hydrogen-bond acceptors (Lipinski definition) is 5. The van der Waals surface area contributed by atoms with Gasteiger partial charge in [0.25, 0.3) is 0 Å². The molecule has 446 valence electrons. The Kier molecular flexibility index (Phi) is 21.4. The molecule has 2 amide bonds. The zero-order valence-corrected chi connectivity index (χ0v) is 51.6. The van der Waals surface area contributed by atoms with Crippen LogP contribution in [0.15, 0.2) is 231 Å². The van der Waals surface area contributed by atoms with Gasteiger partial charge in [-0.05, 0) is 181 Å². The van der Waals surface area contributed by atoms with Gasteiger partial charge in [0.15, 0.2) is 0 Å². The van der Waals surface area contributed by atoms with Crippen molar-refractivity contribution in [2.75, 3.05) is 34.3 Å². The standard InChI is InChI=1S/C20H19NO2.C19H20N2O.C19H18N2O.C19H22N2/c1-3-23-20(22)12-18(15-7-5-4-6-8-15)16-9-10-19-17(11-16)14(2)13-21-19;2*1-13-12-21-18-9-8-15(10-16(13)18)17(11-19(22)20-2)14-6-4-3-5-7-14;1-14-13-21-19-9-8-16(12-18(14)19)17(10-11-20-2)15-6-4-3-5-7-15/h4-13,21H,3H2,1-2H3;3-10,12,17,21H,11H2,1-2H3,(H,20,22);3-12,21H,1-2H3,(H,20,22);3-9,12-13,17,20-21H,10-11H2,1-2H3/b18-12-;;17-11-;. The van der Waals surface area contributed by atoms with Crippen molar-refractivity contribution in [2.45, 2.75) is 59.3 Å². The zero-order valence-electron chi connectivity index (χ0n) is 51.6. The van der Waals surface area contributed by atoms with Crippen LogP contribution in [0, 0.1) is 27.7 Å². The van der Waals surface area contributed by atoms with Crippen LogP contribution in [0.2, 0.25) is 0 Å². The number of ether oxygens (including phenoxy) is 1. The second-order valence-corrected chi connectivity index (χ2v) is 21.9. The van der Waals surface area contributed by atoms with E-state index in [1.807, 2.05) is 130 Å². The number of benzene rings is 8. The maximum atomic E-state index is 12.0. The van der Waals surface area contributed by atoms with Gasteiger partial charge in [-0.25, -0.2) is 4.79 Å². The zero-order chi connectivity index (χ0) is 61.9. The summed E-state index contributed by atoms with van der Waals surface area (Å²) >= 11 is 0. The van der Waals surface area contributed by atoms with Crippen LogP contribution in [0.1, 0.15) is 98.4 Å². The molecule has 0 aliphatic carbocycles. The van der Waals surface area contributed by atoms with Crippen molar-refractivity contribution in [1.29, 1.82) is 0 Å². The maximum Gasteiger partial charge on any atom is 0.331 e. The Balaban J connectivity index is 0.000000140. The van der Waals surface area contributed by atoms with E-state index in [-0.39, 0.29) is 23.7 Å². The van der Waals surface area contributed by atoms with Crippen molar-refractivity contribution in [1.82, 2.24) is 35.9 Å². The Hall–Kier alpha value is -10.2. The predicted octanol–water partition coefficient (Wildman–Crippen LogP) is 16.1. The monoisotopic (exact) mass is 1170 g/mol. The minimum absolute atomic E-state index is 0.0553. The number of carbonyl (C=O) groups excluding carboxylic acids is 3. The lowest BCUT2D eigenvalue weighted by atomic mass is 9.87. The molecule has 11 heteroatoms. The molecular formula is C77H79N7O4. The molecule has 0 aliphatic rings. The number of hydrogen-bond donors (Lipinski definition) is 7. The largest absolute Gasteiger partial charge is 0.463 e. The number of amides is 2. The average Bonchev–Trinajstić information content (AvgIpc) is 3.42. The summed E-state index contributed by atoms with van der Waals surface area (Å²) in [4.78, 5) is 48.8. The summed E-state index contributed by atoms with van der Waals surface area (Å²) in [6, 6.07) is 66.5. The first-order valence-corrected chi connectivity index (χ1v) is 30.0. The molecule has 2 atom stereocenters. The fraction of sp³-hybridized carbons (Fsp3) is 0.182. The van der Waals surface area contributed by atoms with Crippen LogP contribution >= 0.6 is 0 Å². The number of aromatic nitrogens is 4. The number of fused-ring (bicyclic) bond motifs is 4. The molecule has 12 rings (SSSR count). The van der Waals surface area contributed by atoms with Crippen molar-refractivity contribution in [3.05, 3.63) is 298 Å². The van der Waals surface area contributed by atoms with Crippen LogP contribution in [0.5, 0.6) is 0 Å². The topological polar surface area (TPSA) is 160 Å². The third kappa shape index (κ3) is 15.6. The number of H-pyrrole nitrogens is 4. The molecule has 12 aromatic rings. The second kappa shape index (κ2) is 30.2. The van der Waals surface area contributed by atoms with E-state index in [0.717, 1.165) is 68.3 Å². The summed E-state index contributed by atoms with van der Waals surface area (Å²) in [7, 11) is 5.34. The van der Waals surface area contributed by atoms with Crippen LogP contribution in [-0.4, -0.2) is 72.0 Å². The molecule has 0 aliphatic heterocycles. The predicted molar refractivity (Wildman–Crippen MR) is 364 cm³/mol. The van der Waals surface area contributed by atoms with E-state index in [4.69, 9.17) is 4.74 Å². The summed E-state index contributed by atoms with van der Waals surface area (Å²) in [6.07, 6.45) is 12.9. The van der Waals surface area contributed by atoms with Gasteiger partial charge in [0.1, 0.15) is 0 Å². The Morgan fingerprint density at radius 3 is 1.23 bits per heavy atom. The van der Waals surface area contributed by atoms with Crippen molar-refractivity contribution in [3.63, 3.8) is 0 Å². The van der Waals surface area contributed by atoms with Gasteiger partial charge in [0.05, 0.1) is 6.61 Å². The van der Waals surface area contributed by atoms with E-state index in [0.29, 0.717) is 18.9 Å². The van der Waals surface area contributed by atoms with Crippen LogP contribution in [0.3, 0.4) is 0 Å². The number of esters is 1. The first-order valence-electron chi connectivity index (χ1n) is 30.0. The molecule has 2 unspecified atom stereocenters. The number of aromatic amines is 4. The van der Waals surface area contributed by atoms with Crippen molar-refractivity contribution in [3.8, 4) is 0 Å². The molecule has 4 aromatic heterocycles. The Labute approximate surface area is 516 Å². The summed E-state index contributed by atoms with van der Waals surface area (Å²) in [5.74, 6) is 0.138. The summed E-state index contributed by atoms with van der Waals surface area (Å²) in [5.41, 5.74) is 20.4. The first-order chi connectivity index (χ1) is 42.8. The number of rotatable bonds is 16. The summed E-state index contributed by atoms with van der Waals surface area (Å²) < 4.78 is 5.09. The molecule has 0 fully saturated rings. The molecule has 0 saturated heterocycles. The third-order valence-electron chi connectivity index (χ3n) is 16.0. The quantitative estimate of drug-likeness (QED) is 0.0378. The molecule has 4 heterocycles. The minimum atomic E-state index is -0.322. The normalized spacial score (nSPS) is 12.0. The number of aryl methyl sites for hydroxylation is 4. The molecule has 88 heavy (non-hydrogen) atoms. The van der Waals surface area contributed by atoms with Crippen LogP contribution in [0.25, 0.3) is 54.8 Å². The van der Waals surface area contributed by atoms with Gasteiger partial charge in [-0.3, -0.25) is 9.59 Å². The van der Waals surface area contributed by atoms with E-state index in [1.165, 1.54) is 66.2 Å². The Bertz CT molecular complexity index is 4320. The van der Waals surface area contributed by atoms with Crippen molar-refractivity contribution >= 4 is 72.5 Å². The fourth-order valence-electron chi connectivity index (χ4n) is 11.2. The van der Waals surface area contributed by atoms with Gasteiger partial charge in [-0.2, -0.15) is 0 Å². The average molecular weight is 1170 g/mol. The summed E-state index contributed by atoms with van der Waals surface area (Å²) in [6.45, 7) is 11.6. The molecule has 0 bridgehead atoms. The second-order valence-electron chi connectivity index (χ2n) is 21.9. The lowest BCUT2D eigenvalue weighted by Crippen LogP contribution is -2.21. The number of carbonyl (C=O) groups is 3. The van der Waals surface area contributed by atoms with Gasteiger partial charge >= 0.3 is 5.97 Å². The van der Waals surface area contributed by atoms with Gasteiger partial charge in [-0.1, -0.05) is 146 Å². The van der Waals surface area contributed by atoms with Crippen LogP contribution in [-0.2, 0) is 19.1 Å². The van der Waals surface area contributed by atoms with Gasteiger partial charge in [0.2, 0.25) is 11.8 Å². The maximum absolute atomic E-state index is 12.0. The molecular weight excluding hydrogens is 1090 g/mol. The number of likely N-dealkylation sites (N-methyl/N-ethyl adjacent to an activating group) is 1. The molecule has 0 saturated carbocycles. The molecule has 11 nitrogen and oxygen atoms in total.